The summed E-state index contributed by atoms with van der Waals surface area (Å²) in [6.07, 6.45) is 5.98. The van der Waals surface area contributed by atoms with Gasteiger partial charge in [0.2, 0.25) is 0 Å². The molecule has 4 heteroatoms. The molecule has 0 spiro atoms. The van der Waals surface area contributed by atoms with Gasteiger partial charge in [-0.15, -0.1) is 0 Å². The van der Waals surface area contributed by atoms with Crippen LogP contribution in [0.2, 0.25) is 0 Å². The van der Waals surface area contributed by atoms with E-state index in [1.807, 2.05) is 0 Å². The summed E-state index contributed by atoms with van der Waals surface area (Å²) in [5, 5.41) is 0. The van der Waals surface area contributed by atoms with Crippen LogP contribution in [-0.4, -0.2) is 12.8 Å². The zero-order valence-corrected chi connectivity index (χ0v) is 11.5. The highest BCUT2D eigenvalue weighted by Gasteiger charge is 2.13. The quantitative estimate of drug-likeness (QED) is 0.383. The van der Waals surface area contributed by atoms with Crippen LogP contribution in [0.15, 0.2) is 0 Å². The lowest BCUT2D eigenvalue weighted by molar-refractivity contribution is 0.314. The van der Waals surface area contributed by atoms with Crippen molar-refractivity contribution in [3.05, 3.63) is 0 Å². The van der Waals surface area contributed by atoms with Crippen LogP contribution >= 0.6 is 31.6 Å². The lowest BCUT2D eigenvalue weighted by Gasteiger charge is -2.22. The van der Waals surface area contributed by atoms with Gasteiger partial charge in [0, 0.05) is 17.5 Å². The third kappa shape index (κ3) is 9.32. The van der Waals surface area contributed by atoms with Crippen LogP contribution in [0.1, 0.15) is 40.0 Å². The Morgan fingerprint density at radius 2 is 2.00 bits per heavy atom. The van der Waals surface area contributed by atoms with E-state index in [0.717, 1.165) is 6.54 Å². The second-order valence-corrected chi connectivity index (χ2v) is 7.89. The number of nitrogens with one attached hydrogen (secondary N) is 1. The maximum atomic E-state index is 3.34. The molecule has 0 unspecified atom stereocenters. The van der Waals surface area contributed by atoms with Crippen LogP contribution in [0, 0.1) is 5.41 Å². The lowest BCUT2D eigenvalue weighted by atomic mass is 9.85. The Hall–Kier alpha value is 1.01. The molecule has 0 rings (SSSR count). The Morgan fingerprint density at radius 1 is 1.31 bits per heavy atom. The second kappa shape index (κ2) is 8.33. The van der Waals surface area contributed by atoms with E-state index in [1.54, 1.807) is 31.6 Å². The van der Waals surface area contributed by atoms with Gasteiger partial charge in [0.15, 0.2) is 0 Å². The molecule has 0 saturated carbocycles. The number of hydrogen-bond acceptors (Lipinski definition) is 4. The predicted octanol–water partition coefficient (Wildman–Crippen LogP) is 4.37. The third-order valence-electron chi connectivity index (χ3n) is 2.25. The molecule has 0 aliphatic heterocycles. The first-order valence-electron chi connectivity index (χ1n) is 4.71. The minimum absolute atomic E-state index is 0.527. The Balaban J connectivity index is 3.16. The van der Waals surface area contributed by atoms with Gasteiger partial charge in [0.25, 0.3) is 0 Å². The molecule has 0 heterocycles. The summed E-state index contributed by atoms with van der Waals surface area (Å²) >= 11 is 0. The highest BCUT2D eigenvalue weighted by molar-refractivity contribution is 9.08. The zero-order valence-electron chi connectivity index (χ0n) is 9.05. The third-order valence-corrected chi connectivity index (χ3v) is 5.58. The second-order valence-electron chi connectivity index (χ2n) is 3.83. The molecule has 0 bridgehead atoms. The molecule has 13 heavy (non-hydrogen) atoms. The van der Waals surface area contributed by atoms with E-state index in [4.69, 9.17) is 0 Å². The van der Waals surface area contributed by atoms with Crippen LogP contribution in [0.5, 0.6) is 0 Å². The summed E-state index contributed by atoms with van der Waals surface area (Å²) < 4.78 is 3.34. The molecule has 0 amide bonds. The first kappa shape index (κ1) is 14.0. The van der Waals surface area contributed by atoms with E-state index in [9.17, 15) is 0 Å². The molecule has 0 aliphatic rings. The number of rotatable bonds is 8. The van der Waals surface area contributed by atoms with Gasteiger partial charge < -0.3 is 0 Å². The van der Waals surface area contributed by atoms with E-state index >= 15 is 0 Å². The molecule has 0 radical (unpaired) electrons. The first-order valence-corrected chi connectivity index (χ1v) is 8.60. The van der Waals surface area contributed by atoms with Crippen molar-refractivity contribution in [2.45, 2.75) is 40.0 Å². The first-order chi connectivity index (χ1) is 6.12. The average molecular weight is 239 g/mol. The molecule has 0 aromatic rings. The summed E-state index contributed by atoms with van der Waals surface area (Å²) in [6, 6.07) is 0. The Morgan fingerprint density at radius 3 is 2.54 bits per heavy atom. The lowest BCUT2D eigenvalue weighted by Crippen LogP contribution is -2.13. The van der Waals surface area contributed by atoms with Gasteiger partial charge in [0.1, 0.15) is 0 Å². The van der Waals surface area contributed by atoms with E-state index < -0.39 is 0 Å². The Labute approximate surface area is 94.5 Å². The van der Waals surface area contributed by atoms with Gasteiger partial charge in [-0.1, -0.05) is 38.0 Å². The van der Waals surface area contributed by atoms with Crippen LogP contribution in [-0.2, 0) is 0 Å². The van der Waals surface area contributed by atoms with Crippen LogP contribution in [0.3, 0.4) is 0 Å². The largest absolute Gasteiger partial charge is 0.254 e. The minimum Gasteiger partial charge on any atom is -0.254 e. The van der Waals surface area contributed by atoms with Gasteiger partial charge in [-0.3, -0.25) is 4.72 Å². The van der Waals surface area contributed by atoms with Crippen molar-refractivity contribution in [3.8, 4) is 0 Å². The van der Waals surface area contributed by atoms with Gasteiger partial charge in [0.05, 0.1) is 0 Å². The fraction of sp³-hybridized carbons (Fsp3) is 1.00. The van der Waals surface area contributed by atoms with Crippen LogP contribution < -0.4 is 4.72 Å². The standard InChI is InChI=1S/C9H21NS3/c1-5-9(2,3)7-6-8-10-12-13-11-4/h10H,5-8H2,1-4H3. The fourth-order valence-corrected chi connectivity index (χ4v) is 2.90. The SMILES string of the molecule is CCC(C)(C)CCCNSSSC. The van der Waals surface area contributed by atoms with Crippen molar-refractivity contribution in [1.29, 1.82) is 0 Å². The summed E-state index contributed by atoms with van der Waals surface area (Å²) in [5.74, 6) is 0. The maximum Gasteiger partial charge on any atom is 0.00668 e. The molecule has 0 saturated heterocycles. The van der Waals surface area contributed by atoms with Crippen molar-refractivity contribution < 1.29 is 0 Å². The topological polar surface area (TPSA) is 12.0 Å². The minimum atomic E-state index is 0.527. The summed E-state index contributed by atoms with van der Waals surface area (Å²) in [7, 11) is 5.32. The normalized spacial score (nSPS) is 12.0. The smallest absolute Gasteiger partial charge is 0.00668 e. The fourth-order valence-electron chi connectivity index (χ4n) is 0.916. The van der Waals surface area contributed by atoms with Crippen LogP contribution in [0.4, 0.5) is 0 Å². The van der Waals surface area contributed by atoms with E-state index in [0.29, 0.717) is 5.41 Å². The molecule has 0 aromatic heterocycles. The summed E-state index contributed by atoms with van der Waals surface area (Å²) in [5.41, 5.74) is 0.527. The Bertz CT molecular complexity index is 117. The van der Waals surface area contributed by atoms with Crippen LogP contribution in [0.25, 0.3) is 0 Å². The highest BCUT2D eigenvalue weighted by atomic mass is 33.5. The molecule has 0 atom stereocenters. The maximum absolute atomic E-state index is 3.34. The van der Waals surface area contributed by atoms with Crippen molar-refractivity contribution in [1.82, 2.24) is 4.72 Å². The molecule has 80 valence electrons. The number of hydrogen-bond donors (Lipinski definition) is 1. The van der Waals surface area contributed by atoms with Crippen molar-refractivity contribution in [2.24, 2.45) is 5.41 Å². The molecule has 0 aliphatic carbocycles. The molecule has 0 fully saturated rings. The van der Waals surface area contributed by atoms with Gasteiger partial charge >= 0.3 is 0 Å². The molecular weight excluding hydrogens is 218 g/mol. The van der Waals surface area contributed by atoms with E-state index in [-0.39, 0.29) is 0 Å². The van der Waals surface area contributed by atoms with Crippen molar-refractivity contribution in [3.63, 3.8) is 0 Å². The van der Waals surface area contributed by atoms with Gasteiger partial charge in [-0.2, -0.15) is 0 Å². The molecule has 0 aromatic carbocycles. The van der Waals surface area contributed by atoms with Gasteiger partial charge in [-0.05, 0) is 34.3 Å². The average Bonchev–Trinajstić information content (AvgIpc) is 2.11. The highest BCUT2D eigenvalue weighted by Crippen LogP contribution is 2.29. The monoisotopic (exact) mass is 239 g/mol. The molecular formula is C9H21NS3. The van der Waals surface area contributed by atoms with E-state index in [1.165, 1.54) is 19.3 Å². The summed E-state index contributed by atoms with van der Waals surface area (Å²) in [6.45, 7) is 8.08. The molecule has 1 nitrogen and oxygen atoms in total. The van der Waals surface area contributed by atoms with Crippen molar-refractivity contribution in [2.75, 3.05) is 12.8 Å². The van der Waals surface area contributed by atoms with Crippen molar-refractivity contribution >= 4 is 31.6 Å². The van der Waals surface area contributed by atoms with Gasteiger partial charge in [-0.25, -0.2) is 0 Å². The van der Waals surface area contributed by atoms with E-state index in [2.05, 4.69) is 31.7 Å². The Kier molecular flexibility index (Phi) is 8.98. The zero-order chi connectivity index (χ0) is 10.2. The summed E-state index contributed by atoms with van der Waals surface area (Å²) in [4.78, 5) is 0. The molecule has 1 N–H and O–H groups in total. The predicted molar refractivity (Wildman–Crippen MR) is 70.0 cm³/mol.